The van der Waals surface area contributed by atoms with Crippen LogP contribution in [0, 0.1) is 0 Å². The number of hydrogen-bond acceptors (Lipinski definition) is 7. The molecule has 0 saturated heterocycles. The fraction of sp³-hybridized carbons (Fsp3) is 0.100. The maximum absolute atomic E-state index is 13.3. The van der Waals surface area contributed by atoms with Gasteiger partial charge in [-0.15, -0.1) is 11.3 Å². The lowest BCUT2D eigenvalue weighted by molar-refractivity contribution is 0.0696. The Morgan fingerprint density at radius 3 is 2.12 bits per heavy atom. The molecule has 8 nitrogen and oxygen atoms in total. The van der Waals surface area contributed by atoms with Gasteiger partial charge in [0.25, 0.3) is 0 Å². The summed E-state index contributed by atoms with van der Waals surface area (Å²) in [7, 11) is 0. The summed E-state index contributed by atoms with van der Waals surface area (Å²) in [5.41, 5.74) is 5.45. The maximum Gasteiger partial charge on any atom is 0.335 e. The molecule has 0 unspecified atom stereocenters. The highest BCUT2D eigenvalue weighted by molar-refractivity contribution is 7.20. The number of aromatic nitrogens is 2. The van der Waals surface area contributed by atoms with Crippen molar-refractivity contribution in [3.8, 4) is 11.5 Å². The molecule has 0 aliphatic heterocycles. The summed E-state index contributed by atoms with van der Waals surface area (Å²) in [6, 6.07) is 36.8. The molecule has 5 aromatic carbocycles. The van der Waals surface area contributed by atoms with Crippen LogP contribution in [0.25, 0.3) is 21.1 Å². The van der Waals surface area contributed by atoms with Crippen molar-refractivity contribution < 1.29 is 29.0 Å². The van der Waals surface area contributed by atoms with Crippen LogP contribution in [0.5, 0.6) is 11.5 Å². The van der Waals surface area contributed by atoms with Crippen molar-refractivity contribution >= 4 is 50.0 Å². The van der Waals surface area contributed by atoms with Gasteiger partial charge in [0.1, 0.15) is 24.7 Å². The molecular formula is C40H30N2O6S. The lowest BCUT2D eigenvalue weighted by Gasteiger charge is -2.14. The van der Waals surface area contributed by atoms with Crippen molar-refractivity contribution in [2.24, 2.45) is 0 Å². The highest BCUT2D eigenvalue weighted by Gasteiger charge is 2.22. The van der Waals surface area contributed by atoms with E-state index in [1.54, 1.807) is 24.3 Å². The van der Waals surface area contributed by atoms with Gasteiger partial charge in [0.05, 0.1) is 21.5 Å². The topological polar surface area (TPSA) is 108 Å². The largest absolute Gasteiger partial charge is 0.489 e. The molecule has 242 valence electrons. The van der Waals surface area contributed by atoms with Gasteiger partial charge in [-0.3, -0.25) is 9.59 Å². The highest BCUT2D eigenvalue weighted by atomic mass is 32.1. The Kier molecular flexibility index (Phi) is 8.74. The fourth-order valence-electron chi connectivity index (χ4n) is 5.82. The van der Waals surface area contributed by atoms with E-state index in [1.165, 1.54) is 30.4 Å². The van der Waals surface area contributed by atoms with Crippen molar-refractivity contribution in [1.82, 2.24) is 9.55 Å². The number of carbonyl (C=O) groups is 3. The maximum atomic E-state index is 13.3. The van der Waals surface area contributed by atoms with Crippen molar-refractivity contribution in [2.45, 2.75) is 26.7 Å². The molecule has 0 spiro atoms. The molecule has 0 amide bonds. The number of carboxylic acid groups (broad SMARTS) is 1. The zero-order chi connectivity index (χ0) is 33.9. The van der Waals surface area contributed by atoms with E-state index in [1.807, 2.05) is 89.5 Å². The van der Waals surface area contributed by atoms with Gasteiger partial charge >= 0.3 is 5.97 Å². The number of hydrogen-bond donors (Lipinski definition) is 1. The zero-order valence-electron chi connectivity index (χ0n) is 26.5. The molecule has 7 aromatic rings. The second-order valence-corrected chi connectivity index (χ2v) is 12.6. The van der Waals surface area contributed by atoms with E-state index in [-0.39, 0.29) is 23.7 Å². The Morgan fingerprint density at radius 2 is 1.41 bits per heavy atom. The van der Waals surface area contributed by atoms with Crippen LogP contribution in [0.2, 0.25) is 0 Å². The molecule has 0 aliphatic rings. The average molecular weight is 667 g/mol. The van der Waals surface area contributed by atoms with Crippen molar-refractivity contribution in [2.75, 3.05) is 0 Å². The lowest BCUT2D eigenvalue weighted by Crippen LogP contribution is -2.11. The molecule has 0 bridgehead atoms. The van der Waals surface area contributed by atoms with Crippen molar-refractivity contribution in [3.63, 3.8) is 0 Å². The van der Waals surface area contributed by atoms with E-state index in [0.29, 0.717) is 46.5 Å². The predicted octanol–water partition coefficient (Wildman–Crippen LogP) is 8.59. The number of carboxylic acids is 1. The first-order chi connectivity index (χ1) is 23.8. The summed E-state index contributed by atoms with van der Waals surface area (Å²) in [6.45, 7) is 2.38. The van der Waals surface area contributed by atoms with Gasteiger partial charge in [0.2, 0.25) is 5.78 Å². The number of Topliss-reactive ketones (excluding diaryl/α,β-unsaturated/α-hetero) is 1. The highest BCUT2D eigenvalue weighted by Crippen LogP contribution is 2.33. The first-order valence-corrected chi connectivity index (χ1v) is 16.4. The number of benzene rings is 5. The molecular weight excluding hydrogens is 637 g/mol. The molecule has 2 heterocycles. The molecule has 0 atom stereocenters. The third-order valence-corrected chi connectivity index (χ3v) is 9.30. The second-order valence-electron chi connectivity index (χ2n) is 11.5. The predicted molar refractivity (Wildman–Crippen MR) is 189 cm³/mol. The van der Waals surface area contributed by atoms with Crippen molar-refractivity contribution in [1.29, 1.82) is 0 Å². The van der Waals surface area contributed by atoms with Crippen molar-refractivity contribution in [3.05, 3.63) is 160 Å². The zero-order valence-corrected chi connectivity index (χ0v) is 27.3. The van der Waals surface area contributed by atoms with Crippen LogP contribution < -0.4 is 9.47 Å². The Labute approximate surface area is 285 Å². The van der Waals surface area contributed by atoms with Gasteiger partial charge in [0.15, 0.2) is 10.8 Å². The first kappa shape index (κ1) is 31.5. The Bertz CT molecular complexity index is 2290. The van der Waals surface area contributed by atoms with Gasteiger partial charge in [-0.25, -0.2) is 9.78 Å². The quantitative estimate of drug-likeness (QED) is 0.130. The summed E-state index contributed by atoms with van der Waals surface area (Å²) in [6.07, 6.45) is 0. The number of fused-ring (bicyclic) bond motifs is 2. The Hall–Kier alpha value is -6.06. The summed E-state index contributed by atoms with van der Waals surface area (Å²) in [4.78, 5) is 42.4. The second kappa shape index (κ2) is 13.6. The number of ether oxygens (including phenoxy) is 2. The lowest BCUT2D eigenvalue weighted by atomic mass is 10.1. The number of aromatic carboxylic acids is 1. The molecule has 7 rings (SSSR count). The molecule has 9 heteroatoms. The first-order valence-electron chi connectivity index (χ1n) is 15.6. The van der Waals surface area contributed by atoms with Gasteiger partial charge in [0, 0.05) is 28.6 Å². The summed E-state index contributed by atoms with van der Waals surface area (Å²) in [5, 5.41) is 10.5. The van der Waals surface area contributed by atoms with Crippen LogP contribution in [-0.2, 0) is 19.8 Å². The van der Waals surface area contributed by atoms with Gasteiger partial charge in [-0.05, 0) is 72.6 Å². The van der Waals surface area contributed by atoms with Crippen LogP contribution in [-0.4, -0.2) is 32.2 Å². The molecule has 49 heavy (non-hydrogen) atoms. The van der Waals surface area contributed by atoms with Crippen LogP contribution in [0.15, 0.2) is 121 Å². The molecule has 0 radical (unpaired) electrons. The summed E-state index contributed by atoms with van der Waals surface area (Å²) in [5.74, 6) is -0.181. The number of ketones is 2. The van der Waals surface area contributed by atoms with E-state index in [4.69, 9.17) is 9.47 Å². The van der Waals surface area contributed by atoms with E-state index < -0.39 is 5.97 Å². The SMILES string of the molecule is CC(=O)c1c(COc2ccc(C(=O)O)cc2)n(Cc2ccc(C(=O)c3nc4ccccc4s3)cc2)c2ccc(OCc3ccccc3)cc12. The van der Waals surface area contributed by atoms with E-state index in [9.17, 15) is 19.5 Å². The number of rotatable bonds is 12. The minimum absolute atomic E-state index is 0.0599. The van der Waals surface area contributed by atoms with Gasteiger partial charge in [-0.2, -0.15) is 0 Å². The number of para-hydroxylation sites is 1. The van der Waals surface area contributed by atoms with Crippen LogP contribution in [0.1, 0.15) is 59.8 Å². The van der Waals surface area contributed by atoms with Crippen LogP contribution >= 0.6 is 11.3 Å². The van der Waals surface area contributed by atoms with Gasteiger partial charge < -0.3 is 19.1 Å². The Morgan fingerprint density at radius 1 is 0.735 bits per heavy atom. The smallest absolute Gasteiger partial charge is 0.335 e. The number of nitrogens with zero attached hydrogens (tertiary/aromatic N) is 2. The standard InChI is InChI=1S/C40H30N2O6S/c1-25(43)37-32-21-31(47-23-27-7-3-2-4-8-27)19-20-34(32)42(35(37)24-48-30-17-15-29(16-18-30)40(45)46)22-26-11-13-28(14-12-26)38(44)39-41-33-9-5-6-10-36(33)49-39/h2-21H,22-24H2,1H3,(H,45,46). The molecule has 0 saturated carbocycles. The normalized spacial score (nSPS) is 11.1. The third-order valence-electron chi connectivity index (χ3n) is 8.26. The van der Waals surface area contributed by atoms with E-state index >= 15 is 0 Å². The molecule has 0 fully saturated rings. The minimum Gasteiger partial charge on any atom is -0.489 e. The molecule has 2 aromatic heterocycles. The minimum atomic E-state index is -1.02. The van der Waals surface area contributed by atoms with E-state index in [0.717, 1.165) is 32.2 Å². The van der Waals surface area contributed by atoms with Crippen LogP contribution in [0.4, 0.5) is 0 Å². The summed E-state index contributed by atoms with van der Waals surface area (Å²) < 4.78 is 15.3. The molecule has 1 N–H and O–H groups in total. The van der Waals surface area contributed by atoms with Gasteiger partial charge in [-0.1, -0.05) is 66.7 Å². The fourth-order valence-corrected chi connectivity index (χ4v) is 6.75. The van der Waals surface area contributed by atoms with E-state index in [2.05, 4.69) is 4.98 Å². The third kappa shape index (κ3) is 6.70. The number of thiazole rings is 1. The molecule has 0 aliphatic carbocycles. The monoisotopic (exact) mass is 666 g/mol. The van der Waals surface area contributed by atoms with Crippen LogP contribution in [0.3, 0.4) is 0 Å². The Balaban J connectivity index is 1.22. The summed E-state index contributed by atoms with van der Waals surface area (Å²) >= 11 is 1.37. The number of carbonyl (C=O) groups excluding carboxylic acids is 2. The average Bonchev–Trinajstić information content (AvgIpc) is 3.69.